The van der Waals surface area contributed by atoms with Gasteiger partial charge in [0.2, 0.25) is 5.91 Å². The van der Waals surface area contributed by atoms with E-state index >= 15 is 0 Å². The van der Waals surface area contributed by atoms with Gasteiger partial charge in [0.1, 0.15) is 0 Å². The number of aromatic amines is 1. The van der Waals surface area contributed by atoms with E-state index in [-0.39, 0.29) is 11.5 Å². The summed E-state index contributed by atoms with van der Waals surface area (Å²) >= 11 is 0. The molecule has 1 heterocycles. The molecule has 1 amide bonds. The number of carbonyl (C=O) groups is 1. The van der Waals surface area contributed by atoms with E-state index in [1.165, 1.54) is 6.33 Å². The van der Waals surface area contributed by atoms with Gasteiger partial charge in [0.05, 0.1) is 17.2 Å². The molecule has 0 saturated heterocycles. The van der Waals surface area contributed by atoms with Crippen LogP contribution in [0.4, 0.5) is 5.69 Å². The highest BCUT2D eigenvalue weighted by atomic mass is 16.1. The normalized spacial score (nSPS) is 10.5. The van der Waals surface area contributed by atoms with E-state index < -0.39 is 0 Å². The van der Waals surface area contributed by atoms with Crippen molar-refractivity contribution in [3.63, 3.8) is 0 Å². The summed E-state index contributed by atoms with van der Waals surface area (Å²) in [6.45, 7) is 2.04. The summed E-state index contributed by atoms with van der Waals surface area (Å²) in [6, 6.07) is 5.11. The lowest BCUT2D eigenvalue weighted by molar-refractivity contribution is -0.116. The van der Waals surface area contributed by atoms with Crippen molar-refractivity contribution in [2.75, 3.05) is 5.32 Å². The van der Waals surface area contributed by atoms with E-state index in [0.717, 1.165) is 12.8 Å². The number of unbranched alkanes of at least 4 members (excludes halogenated alkanes) is 1. The van der Waals surface area contributed by atoms with Crippen LogP contribution < -0.4 is 10.9 Å². The van der Waals surface area contributed by atoms with Gasteiger partial charge < -0.3 is 10.3 Å². The average molecular weight is 245 g/mol. The van der Waals surface area contributed by atoms with Crippen LogP contribution in [0, 0.1) is 0 Å². The molecule has 0 atom stereocenters. The third kappa shape index (κ3) is 2.74. The van der Waals surface area contributed by atoms with Gasteiger partial charge in [-0.05, 0) is 24.6 Å². The Morgan fingerprint density at radius 3 is 3.06 bits per heavy atom. The molecule has 5 nitrogen and oxygen atoms in total. The molecule has 0 bridgehead atoms. The molecule has 2 N–H and O–H groups in total. The number of fused-ring (bicyclic) bond motifs is 1. The number of benzene rings is 1. The van der Waals surface area contributed by atoms with Crippen molar-refractivity contribution < 1.29 is 4.79 Å². The fraction of sp³-hybridized carbons (Fsp3) is 0.308. The molecular formula is C13H15N3O2. The van der Waals surface area contributed by atoms with Crippen LogP contribution in [0.2, 0.25) is 0 Å². The summed E-state index contributed by atoms with van der Waals surface area (Å²) in [5.41, 5.74) is 1.04. The Hall–Kier alpha value is -2.17. The number of amides is 1. The van der Waals surface area contributed by atoms with Gasteiger partial charge in [-0.3, -0.25) is 9.59 Å². The molecule has 94 valence electrons. The van der Waals surface area contributed by atoms with Crippen LogP contribution in [0.15, 0.2) is 29.3 Å². The predicted molar refractivity (Wildman–Crippen MR) is 70.5 cm³/mol. The summed E-state index contributed by atoms with van der Waals surface area (Å²) in [4.78, 5) is 29.7. The van der Waals surface area contributed by atoms with Crippen LogP contribution in [-0.2, 0) is 4.79 Å². The second kappa shape index (κ2) is 5.44. The quantitative estimate of drug-likeness (QED) is 0.865. The molecule has 0 aliphatic carbocycles. The zero-order chi connectivity index (χ0) is 13.0. The highest BCUT2D eigenvalue weighted by Crippen LogP contribution is 2.14. The lowest BCUT2D eigenvalue weighted by atomic mass is 10.2. The minimum atomic E-state index is -0.204. The van der Waals surface area contributed by atoms with Gasteiger partial charge in [0, 0.05) is 12.1 Å². The van der Waals surface area contributed by atoms with Crippen molar-refractivity contribution in [2.24, 2.45) is 0 Å². The first-order chi connectivity index (χ1) is 8.70. The number of carbonyl (C=O) groups excluding carboxylic acids is 1. The van der Waals surface area contributed by atoms with Gasteiger partial charge in [-0.1, -0.05) is 13.3 Å². The van der Waals surface area contributed by atoms with Gasteiger partial charge in [-0.15, -0.1) is 0 Å². The van der Waals surface area contributed by atoms with Crippen molar-refractivity contribution in [3.05, 3.63) is 34.9 Å². The maximum Gasteiger partial charge on any atom is 0.258 e. The van der Waals surface area contributed by atoms with E-state index in [2.05, 4.69) is 15.3 Å². The van der Waals surface area contributed by atoms with Crippen molar-refractivity contribution in [2.45, 2.75) is 26.2 Å². The maximum atomic E-state index is 11.6. The Balaban J connectivity index is 2.22. The Kier molecular flexibility index (Phi) is 3.72. The van der Waals surface area contributed by atoms with Crippen LogP contribution in [0.25, 0.3) is 10.9 Å². The number of aromatic nitrogens is 2. The summed E-state index contributed by atoms with van der Waals surface area (Å²) in [5.74, 6) is -0.0310. The SMILES string of the molecule is CCCCC(=O)Nc1ccc2nc[nH]c(=O)c2c1. The smallest absolute Gasteiger partial charge is 0.258 e. The van der Waals surface area contributed by atoms with E-state index in [0.29, 0.717) is 23.0 Å². The van der Waals surface area contributed by atoms with E-state index in [1.807, 2.05) is 6.92 Å². The molecule has 5 heteroatoms. The first kappa shape index (κ1) is 12.3. The predicted octanol–water partition coefficient (Wildman–Crippen LogP) is 2.05. The minimum Gasteiger partial charge on any atom is -0.326 e. The first-order valence-electron chi connectivity index (χ1n) is 5.98. The highest BCUT2D eigenvalue weighted by molar-refractivity contribution is 5.93. The molecule has 2 rings (SSSR count). The summed E-state index contributed by atoms with van der Waals surface area (Å²) in [7, 11) is 0. The fourth-order valence-electron chi connectivity index (χ4n) is 1.71. The van der Waals surface area contributed by atoms with Crippen molar-refractivity contribution in [1.82, 2.24) is 9.97 Å². The Labute approximate surface area is 104 Å². The molecule has 0 unspecified atom stereocenters. The Morgan fingerprint density at radius 2 is 2.28 bits per heavy atom. The lowest BCUT2D eigenvalue weighted by Crippen LogP contribution is -2.12. The van der Waals surface area contributed by atoms with Crippen LogP contribution >= 0.6 is 0 Å². The van der Waals surface area contributed by atoms with Crippen LogP contribution in [0.3, 0.4) is 0 Å². The van der Waals surface area contributed by atoms with Gasteiger partial charge in [-0.2, -0.15) is 0 Å². The molecular weight excluding hydrogens is 230 g/mol. The summed E-state index contributed by atoms with van der Waals surface area (Å²) in [6.07, 6.45) is 3.71. The van der Waals surface area contributed by atoms with Gasteiger partial charge in [0.25, 0.3) is 5.56 Å². The van der Waals surface area contributed by atoms with E-state index in [9.17, 15) is 9.59 Å². The minimum absolute atomic E-state index is 0.0310. The number of nitrogens with zero attached hydrogens (tertiary/aromatic N) is 1. The lowest BCUT2D eigenvalue weighted by Gasteiger charge is -2.05. The molecule has 0 fully saturated rings. The zero-order valence-electron chi connectivity index (χ0n) is 10.2. The molecule has 0 radical (unpaired) electrons. The first-order valence-corrected chi connectivity index (χ1v) is 5.98. The summed E-state index contributed by atoms with van der Waals surface area (Å²) in [5, 5.41) is 3.25. The second-order valence-electron chi connectivity index (χ2n) is 4.12. The molecule has 1 aromatic carbocycles. The summed E-state index contributed by atoms with van der Waals surface area (Å²) < 4.78 is 0. The number of hydrogen-bond acceptors (Lipinski definition) is 3. The molecule has 0 spiro atoms. The third-order valence-corrected chi connectivity index (χ3v) is 2.68. The molecule has 1 aromatic heterocycles. The van der Waals surface area contributed by atoms with Crippen LogP contribution in [-0.4, -0.2) is 15.9 Å². The van der Waals surface area contributed by atoms with Crippen LogP contribution in [0.5, 0.6) is 0 Å². The monoisotopic (exact) mass is 245 g/mol. The van der Waals surface area contributed by atoms with Crippen LogP contribution in [0.1, 0.15) is 26.2 Å². The van der Waals surface area contributed by atoms with E-state index in [1.54, 1.807) is 18.2 Å². The molecule has 0 saturated carbocycles. The number of anilines is 1. The third-order valence-electron chi connectivity index (χ3n) is 2.68. The average Bonchev–Trinajstić information content (AvgIpc) is 2.37. The topological polar surface area (TPSA) is 74.8 Å². The number of hydrogen-bond donors (Lipinski definition) is 2. The zero-order valence-corrected chi connectivity index (χ0v) is 10.2. The standard InChI is InChI=1S/C13H15N3O2/c1-2-3-4-12(17)16-9-5-6-11-10(7-9)13(18)15-8-14-11/h5-8H,2-4H2,1H3,(H,16,17)(H,14,15,18). The highest BCUT2D eigenvalue weighted by Gasteiger charge is 2.04. The number of H-pyrrole nitrogens is 1. The largest absolute Gasteiger partial charge is 0.326 e. The Morgan fingerprint density at radius 1 is 1.44 bits per heavy atom. The Bertz CT molecular complexity index is 619. The van der Waals surface area contributed by atoms with Crippen molar-refractivity contribution in [1.29, 1.82) is 0 Å². The van der Waals surface area contributed by atoms with Crippen molar-refractivity contribution >= 4 is 22.5 Å². The van der Waals surface area contributed by atoms with Crippen molar-refractivity contribution in [3.8, 4) is 0 Å². The molecule has 2 aromatic rings. The second-order valence-corrected chi connectivity index (χ2v) is 4.12. The van der Waals surface area contributed by atoms with E-state index in [4.69, 9.17) is 0 Å². The van der Waals surface area contributed by atoms with Gasteiger partial charge in [0.15, 0.2) is 0 Å². The molecule has 0 aliphatic heterocycles. The maximum absolute atomic E-state index is 11.6. The molecule has 18 heavy (non-hydrogen) atoms. The van der Waals surface area contributed by atoms with Gasteiger partial charge >= 0.3 is 0 Å². The number of nitrogens with one attached hydrogen (secondary N) is 2. The number of rotatable bonds is 4. The fourth-order valence-corrected chi connectivity index (χ4v) is 1.71. The molecule has 0 aliphatic rings. The van der Waals surface area contributed by atoms with Gasteiger partial charge in [-0.25, -0.2) is 4.98 Å².